The van der Waals surface area contributed by atoms with Gasteiger partial charge in [-0.1, -0.05) is 43.7 Å². The van der Waals surface area contributed by atoms with Crippen molar-refractivity contribution >= 4 is 11.5 Å². The Labute approximate surface area is 184 Å². The van der Waals surface area contributed by atoms with Crippen molar-refractivity contribution in [3.8, 4) is 0 Å². The molecular formula is C27H42N2O. The molecular weight excluding hydrogens is 368 g/mol. The van der Waals surface area contributed by atoms with E-state index in [2.05, 4.69) is 87.3 Å². The summed E-state index contributed by atoms with van der Waals surface area (Å²) in [5.41, 5.74) is 5.78. The van der Waals surface area contributed by atoms with Crippen LogP contribution in [0.2, 0.25) is 0 Å². The van der Waals surface area contributed by atoms with E-state index in [9.17, 15) is 4.79 Å². The van der Waals surface area contributed by atoms with Gasteiger partial charge in [0.15, 0.2) is 0 Å². The molecule has 0 amide bonds. The van der Waals surface area contributed by atoms with Gasteiger partial charge in [0.2, 0.25) is 0 Å². The highest BCUT2D eigenvalue weighted by Gasteiger charge is 2.38. The highest BCUT2D eigenvalue weighted by atomic mass is 16.1. The molecule has 0 heterocycles. The number of benzene rings is 2. The molecule has 2 aromatic carbocycles. The number of hydrogen-bond donors (Lipinski definition) is 1. The van der Waals surface area contributed by atoms with Gasteiger partial charge in [0.05, 0.1) is 5.54 Å². The van der Waals surface area contributed by atoms with Gasteiger partial charge in [-0.3, -0.25) is 9.69 Å². The van der Waals surface area contributed by atoms with E-state index in [1.54, 1.807) is 6.92 Å². The van der Waals surface area contributed by atoms with Gasteiger partial charge in [0.25, 0.3) is 0 Å². The quantitative estimate of drug-likeness (QED) is 0.564. The summed E-state index contributed by atoms with van der Waals surface area (Å²) in [4.78, 5) is 14.0. The average Bonchev–Trinajstić information content (AvgIpc) is 2.70. The van der Waals surface area contributed by atoms with Gasteiger partial charge in [0.1, 0.15) is 5.78 Å². The van der Waals surface area contributed by atoms with Crippen LogP contribution < -0.4 is 5.32 Å². The fourth-order valence-corrected chi connectivity index (χ4v) is 3.38. The maximum atomic E-state index is 11.9. The first-order chi connectivity index (χ1) is 13.9. The predicted octanol–water partition coefficient (Wildman–Crippen LogP) is 6.52. The average molecular weight is 411 g/mol. The summed E-state index contributed by atoms with van der Waals surface area (Å²) in [6.45, 7) is 16.4. The number of carbonyl (C=O) groups excluding carboxylic acids is 1. The Morgan fingerprint density at radius 1 is 0.967 bits per heavy atom. The topological polar surface area (TPSA) is 32.3 Å². The third-order valence-corrected chi connectivity index (χ3v) is 6.53. The second-order valence-electron chi connectivity index (χ2n) is 9.23. The Morgan fingerprint density at radius 3 is 1.97 bits per heavy atom. The molecule has 1 N–H and O–H groups in total. The van der Waals surface area contributed by atoms with Crippen LogP contribution in [0.25, 0.3) is 0 Å². The molecule has 0 spiro atoms. The number of likely N-dealkylation sites (N-methyl/N-ethyl adjacent to an activating group) is 1. The summed E-state index contributed by atoms with van der Waals surface area (Å²) in [7, 11) is 3.96. The molecule has 2 aromatic rings. The van der Waals surface area contributed by atoms with Crippen LogP contribution in [0.4, 0.5) is 5.69 Å². The molecule has 3 heteroatoms. The maximum Gasteiger partial charge on any atom is 0.149 e. The monoisotopic (exact) mass is 410 g/mol. The summed E-state index contributed by atoms with van der Waals surface area (Å²) in [6.07, 6.45) is 2.41. The zero-order valence-corrected chi connectivity index (χ0v) is 20.8. The van der Waals surface area contributed by atoms with E-state index in [4.69, 9.17) is 0 Å². The van der Waals surface area contributed by atoms with E-state index < -0.39 is 5.54 Å². The van der Waals surface area contributed by atoms with Crippen molar-refractivity contribution in [3.63, 3.8) is 0 Å². The minimum absolute atomic E-state index is 0.187. The summed E-state index contributed by atoms with van der Waals surface area (Å²) in [5, 5.41) is 3.10. The van der Waals surface area contributed by atoms with Crippen molar-refractivity contribution in [2.24, 2.45) is 0 Å². The lowest BCUT2D eigenvalue weighted by Crippen LogP contribution is -2.55. The van der Waals surface area contributed by atoms with Crippen molar-refractivity contribution in [2.45, 2.75) is 79.3 Å². The van der Waals surface area contributed by atoms with Crippen molar-refractivity contribution in [1.82, 2.24) is 4.90 Å². The lowest BCUT2D eigenvalue weighted by molar-refractivity contribution is -0.129. The molecule has 0 radical (unpaired) electrons. The fraction of sp³-hybridized carbons (Fsp3) is 0.519. The standard InChI is InChI=1S/C17H27NO.C10H15N/c1-12-9-10-15(11-13(12)2)17(6,7)18(8)16(4,5)14(3)19;1-3-4-9-5-7-10(11-2)8-6-9/h9-11H,1-8H3;5-8,11H,3-4H2,1-2H3. The van der Waals surface area contributed by atoms with Crippen molar-refractivity contribution in [3.05, 3.63) is 64.7 Å². The van der Waals surface area contributed by atoms with Crippen LogP contribution >= 0.6 is 0 Å². The predicted molar refractivity (Wildman–Crippen MR) is 131 cm³/mol. The van der Waals surface area contributed by atoms with E-state index in [0.29, 0.717) is 0 Å². The number of Topliss-reactive ketones (excluding diaryl/α,β-unsaturated/α-hetero) is 1. The number of nitrogens with zero attached hydrogens (tertiary/aromatic N) is 1. The number of anilines is 1. The number of nitrogens with one attached hydrogen (secondary N) is 1. The normalized spacial score (nSPS) is 11.7. The zero-order chi connectivity index (χ0) is 23.1. The lowest BCUT2D eigenvalue weighted by Gasteiger charge is -2.45. The second-order valence-corrected chi connectivity index (χ2v) is 9.23. The van der Waals surface area contributed by atoms with Crippen LogP contribution in [0, 0.1) is 13.8 Å². The maximum absolute atomic E-state index is 11.9. The number of aryl methyl sites for hydroxylation is 3. The SMILES string of the molecule is CC(=O)C(C)(C)N(C)C(C)(C)c1ccc(C)c(C)c1.CCCc1ccc(NC)cc1. The first kappa shape index (κ1) is 25.9. The Hall–Kier alpha value is -2.13. The first-order valence-corrected chi connectivity index (χ1v) is 11.0. The largest absolute Gasteiger partial charge is 0.388 e. The highest BCUT2D eigenvalue weighted by molar-refractivity contribution is 5.85. The van der Waals surface area contributed by atoms with Crippen LogP contribution in [0.1, 0.15) is 70.2 Å². The number of carbonyl (C=O) groups is 1. The molecule has 0 aliphatic carbocycles. The molecule has 0 fully saturated rings. The van der Waals surface area contributed by atoms with E-state index in [1.807, 2.05) is 27.9 Å². The van der Waals surface area contributed by atoms with Crippen molar-refractivity contribution < 1.29 is 4.79 Å². The molecule has 3 nitrogen and oxygen atoms in total. The molecule has 0 unspecified atom stereocenters. The molecule has 0 aliphatic rings. The fourth-order valence-electron chi connectivity index (χ4n) is 3.38. The number of hydrogen-bond acceptors (Lipinski definition) is 3. The van der Waals surface area contributed by atoms with Crippen molar-refractivity contribution in [1.29, 1.82) is 0 Å². The van der Waals surface area contributed by atoms with E-state index >= 15 is 0 Å². The number of rotatable bonds is 7. The molecule has 2 rings (SSSR count). The Bertz CT molecular complexity index is 819. The van der Waals surface area contributed by atoms with Gasteiger partial charge in [-0.15, -0.1) is 0 Å². The van der Waals surface area contributed by atoms with Crippen LogP contribution in [0.15, 0.2) is 42.5 Å². The zero-order valence-electron chi connectivity index (χ0n) is 20.8. The third kappa shape index (κ3) is 6.43. The first-order valence-electron chi connectivity index (χ1n) is 11.0. The molecule has 30 heavy (non-hydrogen) atoms. The Kier molecular flexibility index (Phi) is 9.30. The highest BCUT2D eigenvalue weighted by Crippen LogP contribution is 2.33. The summed E-state index contributed by atoms with van der Waals surface area (Å²) in [5.74, 6) is 0.187. The van der Waals surface area contributed by atoms with Crippen LogP contribution in [0.3, 0.4) is 0 Å². The summed E-state index contributed by atoms with van der Waals surface area (Å²) < 4.78 is 0. The van der Waals surface area contributed by atoms with Gasteiger partial charge in [-0.05, 0) is 96.3 Å². The Balaban J connectivity index is 0.000000346. The van der Waals surface area contributed by atoms with Crippen LogP contribution in [0.5, 0.6) is 0 Å². The third-order valence-electron chi connectivity index (χ3n) is 6.53. The summed E-state index contributed by atoms with van der Waals surface area (Å²) >= 11 is 0. The smallest absolute Gasteiger partial charge is 0.149 e. The Morgan fingerprint density at radius 2 is 1.53 bits per heavy atom. The lowest BCUT2D eigenvalue weighted by atomic mass is 9.85. The van der Waals surface area contributed by atoms with E-state index in [0.717, 1.165) is 0 Å². The molecule has 0 aromatic heterocycles. The minimum atomic E-state index is -0.470. The molecule has 0 atom stereocenters. The van der Waals surface area contributed by atoms with Crippen LogP contribution in [-0.2, 0) is 16.8 Å². The van der Waals surface area contributed by atoms with Gasteiger partial charge >= 0.3 is 0 Å². The van der Waals surface area contributed by atoms with Gasteiger partial charge < -0.3 is 5.32 Å². The number of ketones is 1. The summed E-state index contributed by atoms with van der Waals surface area (Å²) in [6, 6.07) is 15.1. The van der Waals surface area contributed by atoms with Gasteiger partial charge in [-0.25, -0.2) is 0 Å². The molecule has 0 saturated heterocycles. The van der Waals surface area contributed by atoms with E-state index in [1.165, 1.54) is 40.8 Å². The minimum Gasteiger partial charge on any atom is -0.388 e. The molecule has 166 valence electrons. The van der Waals surface area contributed by atoms with Crippen LogP contribution in [-0.4, -0.2) is 30.3 Å². The van der Waals surface area contributed by atoms with Gasteiger partial charge in [0, 0.05) is 18.3 Å². The molecule has 0 bridgehead atoms. The van der Waals surface area contributed by atoms with Crippen molar-refractivity contribution in [2.75, 3.05) is 19.4 Å². The molecule has 0 saturated carbocycles. The van der Waals surface area contributed by atoms with E-state index in [-0.39, 0.29) is 11.3 Å². The molecule has 0 aliphatic heterocycles. The second kappa shape index (κ2) is 10.8. The van der Waals surface area contributed by atoms with Gasteiger partial charge in [-0.2, -0.15) is 0 Å².